The van der Waals surface area contributed by atoms with Gasteiger partial charge in [-0.2, -0.15) is 5.10 Å². The molecular weight excluding hydrogens is 709 g/mol. The van der Waals surface area contributed by atoms with Gasteiger partial charge in [-0.1, -0.05) is 54.7 Å². The van der Waals surface area contributed by atoms with Crippen molar-refractivity contribution in [2.24, 2.45) is 5.92 Å². The molecule has 1 aromatic carbocycles. The van der Waals surface area contributed by atoms with Crippen LogP contribution in [0.25, 0.3) is 21.5 Å². The largest absolute Gasteiger partial charge is 0.469 e. The number of esters is 1. The molecule has 14 heteroatoms. The molecule has 7 rings (SSSR count). The van der Waals surface area contributed by atoms with Gasteiger partial charge in [0.15, 0.2) is 5.13 Å². The molecule has 0 radical (unpaired) electrons. The molecule has 12 nitrogen and oxygen atoms in total. The molecular formula is C39H44N8O4S2. The Bertz CT molecular complexity index is 2080. The van der Waals surface area contributed by atoms with Gasteiger partial charge in [-0.25, -0.2) is 15.0 Å². The maximum absolute atomic E-state index is 13.9. The second-order valence-corrected chi connectivity index (χ2v) is 15.5. The van der Waals surface area contributed by atoms with Crippen LogP contribution in [0, 0.1) is 12.8 Å². The van der Waals surface area contributed by atoms with E-state index in [2.05, 4.69) is 42.6 Å². The number of anilines is 2. The Morgan fingerprint density at radius 3 is 2.70 bits per heavy atom. The Kier molecular flexibility index (Phi) is 11.6. The van der Waals surface area contributed by atoms with Crippen LogP contribution in [0.4, 0.5) is 10.9 Å². The third-order valence-corrected chi connectivity index (χ3v) is 11.9. The fourth-order valence-electron chi connectivity index (χ4n) is 7.21. The maximum atomic E-state index is 13.9. The molecule has 4 aromatic heterocycles. The molecule has 1 aliphatic carbocycles. The van der Waals surface area contributed by atoms with Crippen molar-refractivity contribution < 1.29 is 19.1 Å². The highest BCUT2D eigenvalue weighted by atomic mass is 32.2. The van der Waals surface area contributed by atoms with E-state index < -0.39 is 0 Å². The van der Waals surface area contributed by atoms with E-state index in [9.17, 15) is 14.4 Å². The summed E-state index contributed by atoms with van der Waals surface area (Å²) in [5, 5.41) is 8.24. The van der Waals surface area contributed by atoms with Crippen LogP contribution in [0.2, 0.25) is 0 Å². The fraction of sp³-hybridized carbons (Fsp3) is 0.410. The molecule has 0 bridgehead atoms. The average molecular weight is 753 g/mol. The second-order valence-electron chi connectivity index (χ2n) is 13.6. The van der Waals surface area contributed by atoms with Crippen LogP contribution in [0.5, 0.6) is 0 Å². The van der Waals surface area contributed by atoms with Crippen molar-refractivity contribution in [3.05, 3.63) is 82.9 Å². The number of fused-ring (bicyclic) bond motifs is 2. The Morgan fingerprint density at radius 1 is 1.00 bits per heavy atom. The van der Waals surface area contributed by atoms with Gasteiger partial charge in [0.2, 0.25) is 0 Å². The first-order chi connectivity index (χ1) is 25.9. The predicted octanol–water partition coefficient (Wildman–Crippen LogP) is 7.37. The zero-order chi connectivity index (χ0) is 36.7. The molecule has 0 unspecified atom stereocenters. The number of ether oxygens (including phenoxy) is 1. The first-order valence-electron chi connectivity index (χ1n) is 18.3. The molecule has 1 fully saturated rings. The van der Waals surface area contributed by atoms with Crippen molar-refractivity contribution in [3.63, 3.8) is 0 Å². The van der Waals surface area contributed by atoms with Gasteiger partial charge in [-0.05, 0) is 86.4 Å². The van der Waals surface area contributed by atoms with Gasteiger partial charge in [-0.3, -0.25) is 29.1 Å². The number of carbonyl (C=O) groups is 3. The first-order valence-corrected chi connectivity index (χ1v) is 20.1. The summed E-state index contributed by atoms with van der Waals surface area (Å²) in [4.78, 5) is 55.8. The normalized spacial score (nSPS) is 14.3. The van der Waals surface area contributed by atoms with Crippen molar-refractivity contribution in [2.75, 3.05) is 29.6 Å². The second kappa shape index (κ2) is 16.9. The molecule has 276 valence electrons. The van der Waals surface area contributed by atoms with E-state index >= 15 is 0 Å². The molecule has 5 aromatic rings. The van der Waals surface area contributed by atoms with E-state index in [0.717, 1.165) is 70.5 Å². The van der Waals surface area contributed by atoms with E-state index in [1.54, 1.807) is 6.20 Å². The van der Waals surface area contributed by atoms with Crippen molar-refractivity contribution >= 4 is 62.4 Å². The monoisotopic (exact) mass is 752 g/mol. The summed E-state index contributed by atoms with van der Waals surface area (Å²) in [5.41, 5.74) is 6.37. The number of hydrogen-bond acceptors (Lipinski definition) is 11. The standard InChI is InChI=1S/C39H44N8O4S2/c1-25-30(22-41-47(25)23-26-10-5-6-11-26)28-16-17-33(43-35(28)37(50)45-52-21-7-3-4-15-34(48)51-2)46-20-18-27-12-8-13-29(31(27)24-46)36(49)44-39-42-32-14-9-19-40-38(32)53-39/h8-9,12-14,16-17,19,22,26H,3-7,10-11,15,18,20-21,23-24H2,1-2H3,(H,45,50)(H,42,44,49). The lowest BCUT2D eigenvalue weighted by Crippen LogP contribution is -2.33. The Balaban J connectivity index is 1.11. The SMILES string of the molecule is COC(=O)CCCCCSNC(=O)c1nc(N2CCc3cccc(C(=O)Nc4nc5cccnc5s4)c3C2)ccc1-c1cnn(CC2CCCC2)c1C. The van der Waals surface area contributed by atoms with Crippen LogP contribution in [-0.4, -0.2) is 61.9 Å². The van der Waals surface area contributed by atoms with Gasteiger partial charge < -0.3 is 9.64 Å². The van der Waals surface area contributed by atoms with E-state index in [-0.39, 0.29) is 17.8 Å². The van der Waals surface area contributed by atoms with Crippen LogP contribution in [0.3, 0.4) is 0 Å². The highest BCUT2D eigenvalue weighted by Crippen LogP contribution is 2.33. The average Bonchev–Trinajstić information content (AvgIpc) is 3.94. The van der Waals surface area contributed by atoms with E-state index in [4.69, 9.17) is 14.8 Å². The molecule has 2 amide bonds. The van der Waals surface area contributed by atoms with Crippen LogP contribution < -0.4 is 14.9 Å². The Labute approximate surface area is 317 Å². The lowest BCUT2D eigenvalue weighted by molar-refractivity contribution is -0.140. The smallest absolute Gasteiger partial charge is 0.305 e. The number of aromatic nitrogens is 5. The number of pyridine rings is 2. The number of nitrogens with one attached hydrogen (secondary N) is 2. The summed E-state index contributed by atoms with van der Waals surface area (Å²) in [6.45, 7) is 4.10. The van der Waals surface area contributed by atoms with Gasteiger partial charge in [0.05, 0.1) is 13.3 Å². The van der Waals surface area contributed by atoms with Crippen molar-refractivity contribution in [1.29, 1.82) is 0 Å². The third-order valence-electron chi connectivity index (χ3n) is 10.1. The molecule has 2 aliphatic rings. The zero-order valence-corrected chi connectivity index (χ0v) is 31.7. The lowest BCUT2D eigenvalue weighted by Gasteiger charge is -2.31. The van der Waals surface area contributed by atoms with Crippen molar-refractivity contribution in [3.8, 4) is 11.1 Å². The molecule has 2 N–H and O–H groups in total. The maximum Gasteiger partial charge on any atom is 0.305 e. The topological polar surface area (TPSA) is 144 Å². The van der Waals surface area contributed by atoms with Crippen LogP contribution in [0.15, 0.2) is 54.9 Å². The summed E-state index contributed by atoms with van der Waals surface area (Å²) in [6, 6.07) is 13.5. The molecule has 5 heterocycles. The number of nitrogens with zero attached hydrogens (tertiary/aromatic N) is 6. The molecule has 0 spiro atoms. The van der Waals surface area contributed by atoms with Gasteiger partial charge in [0.25, 0.3) is 11.8 Å². The number of methoxy groups -OCH3 is 1. The molecule has 53 heavy (non-hydrogen) atoms. The summed E-state index contributed by atoms with van der Waals surface area (Å²) < 4.78 is 9.82. The van der Waals surface area contributed by atoms with Crippen molar-refractivity contribution in [2.45, 2.75) is 77.8 Å². The van der Waals surface area contributed by atoms with Gasteiger partial charge in [0.1, 0.15) is 21.9 Å². The van der Waals surface area contributed by atoms with Gasteiger partial charge in [-0.15, -0.1) is 0 Å². The number of unbranched alkanes of at least 4 members (excludes halogenated alkanes) is 2. The highest BCUT2D eigenvalue weighted by Gasteiger charge is 2.26. The van der Waals surface area contributed by atoms with Gasteiger partial charge in [0, 0.05) is 60.4 Å². The quantitative estimate of drug-likeness (QED) is 0.0670. The van der Waals surface area contributed by atoms with Crippen LogP contribution in [0.1, 0.15) is 89.0 Å². The first kappa shape index (κ1) is 36.5. The molecule has 1 saturated carbocycles. The number of hydrogen-bond donors (Lipinski definition) is 2. The highest BCUT2D eigenvalue weighted by molar-refractivity contribution is 7.97. The van der Waals surface area contributed by atoms with E-state index in [0.29, 0.717) is 53.4 Å². The van der Waals surface area contributed by atoms with Crippen LogP contribution >= 0.6 is 23.3 Å². The molecule has 0 atom stereocenters. The zero-order valence-electron chi connectivity index (χ0n) is 30.1. The Hall–Kier alpha value is -4.82. The third kappa shape index (κ3) is 8.54. The minimum Gasteiger partial charge on any atom is -0.469 e. The predicted molar refractivity (Wildman–Crippen MR) is 209 cm³/mol. The Morgan fingerprint density at radius 2 is 1.87 bits per heavy atom. The summed E-state index contributed by atoms with van der Waals surface area (Å²) in [7, 11) is 1.40. The van der Waals surface area contributed by atoms with Crippen molar-refractivity contribution in [1.82, 2.24) is 29.5 Å². The summed E-state index contributed by atoms with van der Waals surface area (Å²) in [6.07, 6.45) is 12.2. The lowest BCUT2D eigenvalue weighted by atomic mass is 9.94. The van der Waals surface area contributed by atoms with E-state index in [1.165, 1.54) is 56.1 Å². The molecule has 0 saturated heterocycles. The number of benzene rings is 1. The number of thiazole rings is 1. The van der Waals surface area contributed by atoms with E-state index in [1.807, 2.05) is 42.6 Å². The minimum absolute atomic E-state index is 0.204. The minimum atomic E-state index is -0.271. The number of rotatable bonds is 14. The van der Waals surface area contributed by atoms with Crippen LogP contribution in [-0.2, 0) is 29.0 Å². The summed E-state index contributed by atoms with van der Waals surface area (Å²) in [5.74, 6) is 1.30. The molecule has 1 aliphatic heterocycles. The summed E-state index contributed by atoms with van der Waals surface area (Å²) >= 11 is 2.70. The van der Waals surface area contributed by atoms with Gasteiger partial charge >= 0.3 is 5.97 Å². The number of carbonyl (C=O) groups excluding carboxylic acids is 3. The fourth-order valence-corrected chi connectivity index (χ4v) is 8.69. The number of amides is 2.